The standard InChI is InChI=1S/C11H13Cl2NO/c1-7(2)8-3-4-10(9(13)5-8)14-11(15)6-12/h3-5,7H,6H2,1-2H3,(H,14,15). The van der Waals surface area contributed by atoms with Gasteiger partial charge in [-0.05, 0) is 23.6 Å². The van der Waals surface area contributed by atoms with Crippen LogP contribution in [0, 0.1) is 0 Å². The number of amides is 1. The molecule has 15 heavy (non-hydrogen) atoms. The molecule has 0 fully saturated rings. The van der Waals surface area contributed by atoms with Crippen LogP contribution in [-0.2, 0) is 4.79 Å². The summed E-state index contributed by atoms with van der Waals surface area (Å²) in [5.74, 6) is 0.0959. The van der Waals surface area contributed by atoms with Gasteiger partial charge < -0.3 is 5.32 Å². The highest BCUT2D eigenvalue weighted by atomic mass is 35.5. The highest BCUT2D eigenvalue weighted by Crippen LogP contribution is 2.26. The molecule has 0 radical (unpaired) electrons. The number of rotatable bonds is 3. The van der Waals surface area contributed by atoms with Gasteiger partial charge >= 0.3 is 0 Å². The number of carbonyl (C=O) groups excluding carboxylic acids is 1. The second-order valence-electron chi connectivity index (χ2n) is 3.58. The Bertz CT molecular complexity index is 364. The van der Waals surface area contributed by atoms with Crippen LogP contribution < -0.4 is 5.32 Å². The first-order chi connectivity index (χ1) is 7.04. The minimum absolute atomic E-state index is 0.0672. The second kappa shape index (κ2) is 5.38. The number of nitrogens with one attached hydrogen (secondary N) is 1. The van der Waals surface area contributed by atoms with Crippen molar-refractivity contribution in [3.05, 3.63) is 28.8 Å². The number of hydrogen-bond donors (Lipinski definition) is 1. The highest BCUT2D eigenvalue weighted by molar-refractivity contribution is 6.34. The highest BCUT2D eigenvalue weighted by Gasteiger charge is 2.06. The van der Waals surface area contributed by atoms with Crippen LogP contribution >= 0.6 is 23.2 Å². The first kappa shape index (κ1) is 12.3. The summed E-state index contributed by atoms with van der Waals surface area (Å²) in [6, 6.07) is 5.60. The van der Waals surface area contributed by atoms with E-state index in [4.69, 9.17) is 23.2 Å². The molecule has 2 nitrogen and oxygen atoms in total. The molecule has 0 saturated heterocycles. The van der Waals surface area contributed by atoms with E-state index in [1.165, 1.54) is 0 Å². The average Bonchev–Trinajstić information content (AvgIpc) is 2.20. The Kier molecular flexibility index (Phi) is 4.43. The van der Waals surface area contributed by atoms with Gasteiger partial charge in [0.2, 0.25) is 5.91 Å². The Morgan fingerprint density at radius 1 is 1.47 bits per heavy atom. The zero-order chi connectivity index (χ0) is 11.4. The summed E-state index contributed by atoms with van der Waals surface area (Å²) < 4.78 is 0. The molecule has 4 heteroatoms. The quantitative estimate of drug-likeness (QED) is 0.810. The zero-order valence-electron chi connectivity index (χ0n) is 8.68. The molecule has 1 aromatic rings. The number of alkyl halides is 1. The van der Waals surface area contributed by atoms with Gasteiger partial charge in [-0.1, -0.05) is 31.5 Å². The summed E-state index contributed by atoms with van der Waals surface area (Å²) in [6.45, 7) is 4.17. The maximum Gasteiger partial charge on any atom is 0.239 e. The molecule has 0 atom stereocenters. The van der Waals surface area contributed by atoms with Crippen molar-refractivity contribution in [1.82, 2.24) is 0 Å². The molecule has 0 aliphatic rings. The van der Waals surface area contributed by atoms with E-state index in [9.17, 15) is 4.79 Å². The van der Waals surface area contributed by atoms with Crippen LogP contribution in [0.3, 0.4) is 0 Å². The maximum absolute atomic E-state index is 11.1. The Morgan fingerprint density at radius 2 is 2.13 bits per heavy atom. The minimum Gasteiger partial charge on any atom is -0.324 e. The van der Waals surface area contributed by atoms with Crippen molar-refractivity contribution in [1.29, 1.82) is 0 Å². The van der Waals surface area contributed by atoms with Crippen molar-refractivity contribution in [3.63, 3.8) is 0 Å². The normalized spacial score (nSPS) is 10.5. The third kappa shape index (κ3) is 3.40. The lowest BCUT2D eigenvalue weighted by Crippen LogP contribution is -2.12. The first-order valence-corrected chi connectivity index (χ1v) is 5.61. The van der Waals surface area contributed by atoms with Gasteiger partial charge in [-0.25, -0.2) is 0 Å². The van der Waals surface area contributed by atoms with E-state index >= 15 is 0 Å². The lowest BCUT2D eigenvalue weighted by molar-refractivity contribution is -0.113. The molecular weight excluding hydrogens is 233 g/mol. The molecule has 0 aromatic heterocycles. The van der Waals surface area contributed by atoms with Crippen LogP contribution in [0.1, 0.15) is 25.3 Å². The molecule has 1 rings (SSSR count). The maximum atomic E-state index is 11.1. The first-order valence-electron chi connectivity index (χ1n) is 4.70. The zero-order valence-corrected chi connectivity index (χ0v) is 10.2. The Morgan fingerprint density at radius 3 is 2.60 bits per heavy atom. The van der Waals surface area contributed by atoms with Crippen LogP contribution in [0.25, 0.3) is 0 Å². The average molecular weight is 246 g/mol. The number of hydrogen-bond acceptors (Lipinski definition) is 1. The minimum atomic E-state index is -0.254. The number of halogens is 2. The van der Waals surface area contributed by atoms with Crippen molar-refractivity contribution in [2.45, 2.75) is 19.8 Å². The molecule has 82 valence electrons. The van der Waals surface area contributed by atoms with Gasteiger partial charge in [0.1, 0.15) is 5.88 Å². The van der Waals surface area contributed by atoms with E-state index in [0.717, 1.165) is 5.56 Å². The second-order valence-corrected chi connectivity index (χ2v) is 4.25. The molecule has 0 unspecified atom stereocenters. The molecular formula is C11H13Cl2NO. The van der Waals surface area contributed by atoms with E-state index in [1.54, 1.807) is 6.07 Å². The van der Waals surface area contributed by atoms with Crippen molar-refractivity contribution in [3.8, 4) is 0 Å². The molecule has 0 aliphatic heterocycles. The fourth-order valence-corrected chi connectivity index (χ4v) is 1.48. The van der Waals surface area contributed by atoms with Crippen molar-refractivity contribution < 1.29 is 4.79 Å². The van der Waals surface area contributed by atoms with Gasteiger partial charge in [0, 0.05) is 0 Å². The SMILES string of the molecule is CC(C)c1ccc(NC(=O)CCl)c(Cl)c1. The van der Waals surface area contributed by atoms with E-state index in [-0.39, 0.29) is 11.8 Å². The van der Waals surface area contributed by atoms with Crippen molar-refractivity contribution in [2.75, 3.05) is 11.2 Å². The predicted octanol–water partition coefficient (Wildman–Crippen LogP) is 3.64. The lowest BCUT2D eigenvalue weighted by atomic mass is 10.0. The number of carbonyl (C=O) groups is 1. The Hall–Kier alpha value is -0.730. The van der Waals surface area contributed by atoms with Crippen LogP contribution in [-0.4, -0.2) is 11.8 Å². The smallest absolute Gasteiger partial charge is 0.239 e. The monoisotopic (exact) mass is 245 g/mol. The van der Waals surface area contributed by atoms with E-state index in [1.807, 2.05) is 12.1 Å². The summed E-state index contributed by atoms with van der Waals surface area (Å²) in [4.78, 5) is 11.1. The van der Waals surface area contributed by atoms with Crippen LogP contribution in [0.15, 0.2) is 18.2 Å². The number of benzene rings is 1. The largest absolute Gasteiger partial charge is 0.324 e. The Balaban J connectivity index is 2.88. The summed E-state index contributed by atoms with van der Waals surface area (Å²) in [6.07, 6.45) is 0. The van der Waals surface area contributed by atoms with Gasteiger partial charge in [0.05, 0.1) is 10.7 Å². The molecule has 1 amide bonds. The summed E-state index contributed by atoms with van der Waals surface area (Å²) in [5, 5.41) is 3.16. The van der Waals surface area contributed by atoms with E-state index in [2.05, 4.69) is 19.2 Å². The number of anilines is 1. The molecule has 1 aromatic carbocycles. The fourth-order valence-electron chi connectivity index (χ4n) is 1.18. The summed E-state index contributed by atoms with van der Waals surface area (Å²) in [5.41, 5.74) is 1.75. The summed E-state index contributed by atoms with van der Waals surface area (Å²) in [7, 11) is 0. The van der Waals surface area contributed by atoms with Gasteiger partial charge in [0.15, 0.2) is 0 Å². The van der Waals surface area contributed by atoms with Gasteiger partial charge in [-0.2, -0.15) is 0 Å². The topological polar surface area (TPSA) is 29.1 Å². The fraction of sp³-hybridized carbons (Fsp3) is 0.364. The molecule has 0 saturated carbocycles. The van der Waals surface area contributed by atoms with Crippen molar-refractivity contribution >= 4 is 34.8 Å². The van der Waals surface area contributed by atoms with Crippen LogP contribution in [0.4, 0.5) is 5.69 Å². The molecule has 0 heterocycles. The molecule has 0 spiro atoms. The predicted molar refractivity (Wildman–Crippen MR) is 64.9 cm³/mol. The van der Waals surface area contributed by atoms with E-state index in [0.29, 0.717) is 16.6 Å². The third-order valence-corrected chi connectivity index (χ3v) is 2.61. The Labute approximate surface area is 99.6 Å². The summed E-state index contributed by atoms with van der Waals surface area (Å²) >= 11 is 11.4. The molecule has 1 N–H and O–H groups in total. The molecule has 0 aliphatic carbocycles. The molecule has 0 bridgehead atoms. The third-order valence-electron chi connectivity index (χ3n) is 2.06. The van der Waals surface area contributed by atoms with Gasteiger partial charge in [-0.3, -0.25) is 4.79 Å². The van der Waals surface area contributed by atoms with Gasteiger partial charge in [0.25, 0.3) is 0 Å². The van der Waals surface area contributed by atoms with Crippen LogP contribution in [0.5, 0.6) is 0 Å². The van der Waals surface area contributed by atoms with Crippen molar-refractivity contribution in [2.24, 2.45) is 0 Å². The van der Waals surface area contributed by atoms with E-state index < -0.39 is 0 Å². The van der Waals surface area contributed by atoms with Gasteiger partial charge in [-0.15, -0.1) is 11.6 Å². The van der Waals surface area contributed by atoms with Crippen LogP contribution in [0.2, 0.25) is 5.02 Å². The lowest BCUT2D eigenvalue weighted by Gasteiger charge is -2.09.